The largest absolute Gasteiger partial charge is 0.435 e. The number of rotatable bonds is 1. The van der Waals surface area contributed by atoms with E-state index < -0.39 is 18.1 Å². The molecule has 3 rings (SSSR count). The molecule has 1 unspecified atom stereocenters. The lowest BCUT2D eigenvalue weighted by molar-refractivity contribution is -0.141. The van der Waals surface area contributed by atoms with Gasteiger partial charge in [-0.1, -0.05) is 0 Å². The zero-order valence-electron chi connectivity index (χ0n) is 10.7. The second-order valence-corrected chi connectivity index (χ2v) is 4.89. The van der Waals surface area contributed by atoms with Gasteiger partial charge in [0.25, 0.3) is 0 Å². The van der Waals surface area contributed by atoms with Crippen LogP contribution in [-0.2, 0) is 10.9 Å². The quantitative estimate of drug-likeness (QED) is 0.818. The summed E-state index contributed by atoms with van der Waals surface area (Å²) < 4.78 is 46.1. The van der Waals surface area contributed by atoms with Gasteiger partial charge in [0.2, 0.25) is 0 Å². The zero-order chi connectivity index (χ0) is 14.3. The van der Waals surface area contributed by atoms with Gasteiger partial charge in [-0.2, -0.15) is 18.3 Å². The molecule has 108 valence electrons. The first kappa shape index (κ1) is 13.2. The van der Waals surface area contributed by atoms with Crippen molar-refractivity contribution in [3.63, 3.8) is 0 Å². The third-order valence-electron chi connectivity index (χ3n) is 3.43. The Morgan fingerprint density at radius 1 is 1.30 bits per heavy atom. The van der Waals surface area contributed by atoms with E-state index in [-0.39, 0.29) is 11.1 Å². The van der Waals surface area contributed by atoms with E-state index in [2.05, 4.69) is 5.10 Å². The fourth-order valence-electron chi connectivity index (χ4n) is 2.50. The molecule has 1 aliphatic heterocycles. The molecule has 0 radical (unpaired) electrons. The number of fused-ring (bicyclic) bond motifs is 1. The molecule has 2 aromatic rings. The van der Waals surface area contributed by atoms with Crippen LogP contribution >= 0.6 is 0 Å². The number of nitrogens with zero attached hydrogens (tertiary/aromatic N) is 2. The molecule has 1 aromatic heterocycles. The molecule has 1 aromatic carbocycles. The van der Waals surface area contributed by atoms with Crippen molar-refractivity contribution < 1.29 is 17.9 Å². The number of anilines is 1. The minimum atomic E-state index is -4.51. The van der Waals surface area contributed by atoms with Crippen molar-refractivity contribution in [2.24, 2.45) is 0 Å². The van der Waals surface area contributed by atoms with Crippen molar-refractivity contribution >= 4 is 16.6 Å². The van der Waals surface area contributed by atoms with E-state index in [1.54, 1.807) is 12.1 Å². The van der Waals surface area contributed by atoms with Crippen LogP contribution in [0.4, 0.5) is 18.9 Å². The maximum Gasteiger partial charge on any atom is 0.435 e. The number of hydrogen-bond acceptors (Lipinski definition) is 3. The summed E-state index contributed by atoms with van der Waals surface area (Å²) in [6, 6.07) is 4.44. The van der Waals surface area contributed by atoms with Crippen LogP contribution in [0.3, 0.4) is 0 Å². The predicted octanol–water partition coefficient (Wildman–Crippen LogP) is 3.34. The number of nitrogens with two attached hydrogens (primary N) is 1. The average molecular weight is 285 g/mol. The number of aromatic nitrogens is 2. The van der Waals surface area contributed by atoms with E-state index in [9.17, 15) is 13.2 Å². The van der Waals surface area contributed by atoms with Crippen LogP contribution in [0.1, 0.15) is 31.2 Å². The van der Waals surface area contributed by atoms with Gasteiger partial charge < -0.3 is 10.5 Å². The third-order valence-corrected chi connectivity index (χ3v) is 3.43. The number of alkyl halides is 3. The number of benzene rings is 1. The first-order valence-electron chi connectivity index (χ1n) is 6.43. The van der Waals surface area contributed by atoms with Gasteiger partial charge in [0.1, 0.15) is 0 Å². The second kappa shape index (κ2) is 4.66. The molecule has 20 heavy (non-hydrogen) atoms. The molecule has 0 bridgehead atoms. The van der Waals surface area contributed by atoms with E-state index in [0.29, 0.717) is 18.5 Å². The molecular formula is C13H14F3N3O. The summed E-state index contributed by atoms with van der Waals surface area (Å²) >= 11 is 0. The Hall–Kier alpha value is -1.76. The van der Waals surface area contributed by atoms with Crippen LogP contribution in [-0.4, -0.2) is 16.4 Å². The van der Waals surface area contributed by atoms with Crippen molar-refractivity contribution in [3.8, 4) is 0 Å². The molecule has 0 amide bonds. The minimum absolute atomic E-state index is 0.0201. The minimum Gasteiger partial charge on any atom is -0.399 e. The highest BCUT2D eigenvalue weighted by atomic mass is 19.4. The first-order chi connectivity index (χ1) is 9.47. The monoisotopic (exact) mass is 285 g/mol. The number of hydrogen-bond donors (Lipinski definition) is 1. The van der Waals surface area contributed by atoms with Crippen molar-refractivity contribution in [2.75, 3.05) is 12.3 Å². The van der Waals surface area contributed by atoms with Crippen LogP contribution in [0.25, 0.3) is 10.9 Å². The van der Waals surface area contributed by atoms with Gasteiger partial charge in [-0.15, -0.1) is 0 Å². The van der Waals surface area contributed by atoms with E-state index in [1.807, 2.05) is 0 Å². The number of nitrogen functional groups attached to an aromatic ring is 1. The van der Waals surface area contributed by atoms with Gasteiger partial charge in [-0.3, -0.25) is 0 Å². The van der Waals surface area contributed by atoms with Crippen molar-refractivity contribution in [2.45, 2.75) is 31.7 Å². The van der Waals surface area contributed by atoms with Crippen molar-refractivity contribution in [1.82, 2.24) is 9.78 Å². The van der Waals surface area contributed by atoms with E-state index in [1.165, 1.54) is 10.7 Å². The number of ether oxygens (including phenoxy) is 1. The average Bonchev–Trinajstić information content (AvgIpc) is 2.78. The van der Waals surface area contributed by atoms with Crippen LogP contribution in [0.2, 0.25) is 0 Å². The Morgan fingerprint density at radius 3 is 2.75 bits per heavy atom. The molecule has 7 heteroatoms. The molecule has 2 N–H and O–H groups in total. The summed E-state index contributed by atoms with van der Waals surface area (Å²) in [7, 11) is 0. The van der Waals surface area contributed by atoms with Crippen molar-refractivity contribution in [1.29, 1.82) is 0 Å². The Kier molecular flexibility index (Phi) is 3.08. The standard InChI is InChI=1S/C13H14F3N3O/c14-13(15,16)12-9-7-8(17)4-5-10(9)19(18-12)11-3-1-2-6-20-11/h4-5,7,11H,1-3,6,17H2. The van der Waals surface area contributed by atoms with E-state index in [0.717, 1.165) is 12.8 Å². The van der Waals surface area contributed by atoms with Gasteiger partial charge in [0, 0.05) is 17.7 Å². The second-order valence-electron chi connectivity index (χ2n) is 4.89. The molecule has 4 nitrogen and oxygen atoms in total. The van der Waals surface area contributed by atoms with Crippen LogP contribution in [0, 0.1) is 0 Å². The molecule has 1 fully saturated rings. The van der Waals surface area contributed by atoms with Gasteiger partial charge in [0.15, 0.2) is 11.9 Å². The molecule has 1 atom stereocenters. The summed E-state index contributed by atoms with van der Waals surface area (Å²) in [4.78, 5) is 0. The zero-order valence-corrected chi connectivity index (χ0v) is 10.7. The fourth-order valence-corrected chi connectivity index (χ4v) is 2.50. The SMILES string of the molecule is Nc1ccc2c(c1)c(C(F)(F)F)nn2C1CCCCO1. The highest BCUT2D eigenvalue weighted by Crippen LogP contribution is 2.37. The first-order valence-corrected chi connectivity index (χ1v) is 6.43. The predicted molar refractivity (Wildman–Crippen MR) is 68.0 cm³/mol. The smallest absolute Gasteiger partial charge is 0.399 e. The van der Waals surface area contributed by atoms with Gasteiger partial charge >= 0.3 is 6.18 Å². The lowest BCUT2D eigenvalue weighted by atomic mass is 10.1. The summed E-state index contributed by atoms with van der Waals surface area (Å²) in [6.45, 7) is 0.544. The maximum atomic E-state index is 13.1. The molecule has 1 saturated heterocycles. The Morgan fingerprint density at radius 2 is 2.10 bits per heavy atom. The Bertz CT molecular complexity index is 630. The lowest BCUT2D eigenvalue weighted by Gasteiger charge is -2.23. The Balaban J connectivity index is 2.17. The molecule has 0 saturated carbocycles. The summed E-state index contributed by atoms with van der Waals surface area (Å²) in [5, 5.41) is 3.76. The molecule has 0 spiro atoms. The normalized spacial score (nSPS) is 20.4. The van der Waals surface area contributed by atoms with Crippen LogP contribution in [0.5, 0.6) is 0 Å². The highest BCUT2D eigenvalue weighted by Gasteiger charge is 2.37. The molecule has 1 aliphatic rings. The topological polar surface area (TPSA) is 53.1 Å². The summed E-state index contributed by atoms with van der Waals surface area (Å²) in [5.74, 6) is 0. The van der Waals surface area contributed by atoms with Crippen molar-refractivity contribution in [3.05, 3.63) is 23.9 Å². The van der Waals surface area contributed by atoms with E-state index >= 15 is 0 Å². The maximum absolute atomic E-state index is 13.1. The van der Waals surface area contributed by atoms with Crippen LogP contribution in [0.15, 0.2) is 18.2 Å². The lowest BCUT2D eigenvalue weighted by Crippen LogP contribution is -2.19. The van der Waals surface area contributed by atoms with Gasteiger partial charge in [-0.25, -0.2) is 4.68 Å². The molecule has 2 heterocycles. The number of halogens is 3. The highest BCUT2D eigenvalue weighted by molar-refractivity contribution is 5.85. The van der Waals surface area contributed by atoms with Gasteiger partial charge in [0.05, 0.1) is 5.52 Å². The summed E-state index contributed by atoms with van der Waals surface area (Å²) in [6.07, 6.45) is -2.44. The third kappa shape index (κ3) is 2.22. The molecular weight excluding hydrogens is 271 g/mol. The van der Waals surface area contributed by atoms with E-state index in [4.69, 9.17) is 10.5 Å². The van der Waals surface area contributed by atoms with Crippen LogP contribution < -0.4 is 5.73 Å². The molecule has 0 aliphatic carbocycles. The fraction of sp³-hybridized carbons (Fsp3) is 0.462. The Labute approximate surface area is 113 Å². The van der Waals surface area contributed by atoms with Gasteiger partial charge in [-0.05, 0) is 37.5 Å². The summed E-state index contributed by atoms with van der Waals surface area (Å²) in [5.41, 5.74) is 5.37.